The van der Waals surface area contributed by atoms with E-state index in [-0.39, 0.29) is 0 Å². The highest BCUT2D eigenvalue weighted by Gasteiger charge is 2.27. The minimum absolute atomic E-state index is 0.540. The monoisotopic (exact) mass is 250 g/mol. The Kier molecular flexibility index (Phi) is 4.46. The fraction of sp³-hybridized carbons (Fsp3) is 0.733. The maximum atomic E-state index is 5.31. The van der Waals surface area contributed by atoms with Crippen LogP contribution in [0.15, 0.2) is 22.8 Å². The molecule has 0 saturated carbocycles. The van der Waals surface area contributed by atoms with Gasteiger partial charge in [-0.05, 0) is 50.4 Å². The van der Waals surface area contributed by atoms with Crippen molar-refractivity contribution in [3.05, 3.63) is 24.2 Å². The van der Waals surface area contributed by atoms with E-state index in [2.05, 4.69) is 31.0 Å². The largest absolute Gasteiger partial charge is 0.468 e. The van der Waals surface area contributed by atoms with Crippen LogP contribution >= 0.6 is 0 Å². The second-order valence-corrected chi connectivity index (χ2v) is 6.26. The second kappa shape index (κ2) is 5.89. The summed E-state index contributed by atoms with van der Waals surface area (Å²) < 4.78 is 5.31. The van der Waals surface area contributed by atoms with Gasteiger partial charge in [0, 0.05) is 12.6 Å². The van der Waals surface area contributed by atoms with Crippen molar-refractivity contribution in [2.24, 2.45) is 5.41 Å². The average molecular weight is 250 g/mol. The molecule has 1 aromatic rings. The first-order chi connectivity index (χ1) is 8.57. The lowest BCUT2D eigenvalue weighted by atomic mass is 9.82. The van der Waals surface area contributed by atoms with E-state index in [1.807, 2.05) is 12.1 Å². The van der Waals surface area contributed by atoms with E-state index in [9.17, 15) is 0 Å². The normalized spacial score (nSPS) is 21.9. The number of hydrogen-bond donors (Lipinski definition) is 1. The van der Waals surface area contributed by atoms with E-state index in [0.29, 0.717) is 11.5 Å². The van der Waals surface area contributed by atoms with Gasteiger partial charge in [-0.15, -0.1) is 0 Å². The highest BCUT2D eigenvalue weighted by molar-refractivity contribution is 4.97. The Morgan fingerprint density at radius 2 is 2.11 bits per heavy atom. The van der Waals surface area contributed by atoms with E-state index in [1.165, 1.54) is 25.9 Å². The van der Waals surface area contributed by atoms with E-state index in [4.69, 9.17) is 4.42 Å². The summed E-state index contributed by atoms with van der Waals surface area (Å²) in [5.74, 6) is 1.02. The molecule has 3 nitrogen and oxygen atoms in total. The molecule has 1 fully saturated rings. The van der Waals surface area contributed by atoms with Crippen molar-refractivity contribution in [2.75, 3.05) is 19.6 Å². The van der Waals surface area contributed by atoms with Crippen molar-refractivity contribution in [1.82, 2.24) is 10.2 Å². The first-order valence-electron chi connectivity index (χ1n) is 7.04. The number of nitrogens with one attached hydrogen (secondary N) is 1. The smallest absolute Gasteiger partial charge is 0.117 e. The van der Waals surface area contributed by atoms with Crippen LogP contribution < -0.4 is 5.32 Å². The van der Waals surface area contributed by atoms with Gasteiger partial charge in [0.05, 0.1) is 12.8 Å². The van der Waals surface area contributed by atoms with Crippen LogP contribution in [-0.4, -0.2) is 30.6 Å². The Labute approximate surface area is 111 Å². The molecule has 1 N–H and O–H groups in total. The Morgan fingerprint density at radius 3 is 2.72 bits per heavy atom. The summed E-state index contributed by atoms with van der Waals surface area (Å²) in [6.45, 7) is 11.4. The van der Waals surface area contributed by atoms with Gasteiger partial charge in [0.1, 0.15) is 5.76 Å². The zero-order valence-electron chi connectivity index (χ0n) is 11.9. The molecule has 0 aliphatic carbocycles. The summed E-state index contributed by atoms with van der Waals surface area (Å²) in [5, 5.41) is 3.47. The van der Waals surface area contributed by atoms with E-state index < -0.39 is 0 Å². The van der Waals surface area contributed by atoms with Crippen LogP contribution in [0, 0.1) is 5.41 Å². The molecule has 1 atom stereocenters. The van der Waals surface area contributed by atoms with Gasteiger partial charge in [-0.3, -0.25) is 4.90 Å². The fourth-order valence-corrected chi connectivity index (χ4v) is 2.52. The lowest BCUT2D eigenvalue weighted by Gasteiger charge is -2.40. The first-order valence-corrected chi connectivity index (χ1v) is 7.04. The van der Waals surface area contributed by atoms with E-state index in [0.717, 1.165) is 18.8 Å². The van der Waals surface area contributed by atoms with E-state index >= 15 is 0 Å². The summed E-state index contributed by atoms with van der Waals surface area (Å²) in [6, 6.07) is 4.56. The van der Waals surface area contributed by atoms with Crippen molar-refractivity contribution < 1.29 is 4.42 Å². The van der Waals surface area contributed by atoms with Crippen LogP contribution in [0.4, 0.5) is 0 Å². The Balaban J connectivity index is 1.67. The number of furan rings is 1. The topological polar surface area (TPSA) is 28.4 Å². The molecule has 1 unspecified atom stereocenters. The Morgan fingerprint density at radius 1 is 1.39 bits per heavy atom. The minimum Gasteiger partial charge on any atom is -0.468 e. The van der Waals surface area contributed by atoms with Gasteiger partial charge in [-0.25, -0.2) is 0 Å². The molecule has 2 rings (SSSR count). The molecule has 1 aliphatic rings. The molecule has 1 aliphatic heterocycles. The van der Waals surface area contributed by atoms with Gasteiger partial charge < -0.3 is 9.73 Å². The maximum Gasteiger partial charge on any atom is 0.117 e. The lowest BCUT2D eigenvalue weighted by molar-refractivity contribution is 0.0995. The molecule has 3 heteroatoms. The highest BCUT2D eigenvalue weighted by atomic mass is 16.3. The van der Waals surface area contributed by atoms with Crippen molar-refractivity contribution in [3.63, 3.8) is 0 Å². The van der Waals surface area contributed by atoms with Crippen molar-refractivity contribution >= 4 is 0 Å². The summed E-state index contributed by atoms with van der Waals surface area (Å²) >= 11 is 0. The standard InChI is InChI=1S/C15H26N2O/c1-13(11-16-12-14-5-4-10-18-14)17-8-6-15(2,3)7-9-17/h4-5,10,13,16H,6-9,11-12H2,1-3H3. The van der Waals surface area contributed by atoms with Gasteiger partial charge in [-0.1, -0.05) is 13.8 Å². The van der Waals surface area contributed by atoms with Crippen LogP contribution in [0.2, 0.25) is 0 Å². The number of likely N-dealkylation sites (tertiary alicyclic amines) is 1. The highest BCUT2D eigenvalue weighted by Crippen LogP contribution is 2.30. The lowest BCUT2D eigenvalue weighted by Crippen LogP contribution is -2.46. The van der Waals surface area contributed by atoms with Gasteiger partial charge in [0.2, 0.25) is 0 Å². The molecule has 0 radical (unpaired) electrons. The number of piperidine rings is 1. The quantitative estimate of drug-likeness (QED) is 0.871. The third-order valence-electron chi connectivity index (χ3n) is 4.09. The maximum absolute atomic E-state index is 5.31. The van der Waals surface area contributed by atoms with Crippen molar-refractivity contribution in [3.8, 4) is 0 Å². The number of nitrogens with zero attached hydrogens (tertiary/aromatic N) is 1. The third-order valence-corrected chi connectivity index (χ3v) is 4.09. The SMILES string of the molecule is CC(CNCc1ccco1)N1CCC(C)(C)CC1. The molecule has 18 heavy (non-hydrogen) atoms. The van der Waals surface area contributed by atoms with E-state index in [1.54, 1.807) is 6.26 Å². The summed E-state index contributed by atoms with van der Waals surface area (Å²) in [6.07, 6.45) is 4.36. The van der Waals surface area contributed by atoms with Crippen LogP contribution in [0.25, 0.3) is 0 Å². The second-order valence-electron chi connectivity index (χ2n) is 6.26. The van der Waals surface area contributed by atoms with Crippen LogP contribution in [0.3, 0.4) is 0 Å². The van der Waals surface area contributed by atoms with Crippen molar-refractivity contribution in [1.29, 1.82) is 0 Å². The first kappa shape index (κ1) is 13.6. The average Bonchev–Trinajstić information content (AvgIpc) is 2.82. The zero-order valence-corrected chi connectivity index (χ0v) is 11.9. The molecule has 0 bridgehead atoms. The molecule has 0 aromatic carbocycles. The van der Waals surface area contributed by atoms with Crippen LogP contribution in [-0.2, 0) is 6.54 Å². The number of hydrogen-bond acceptors (Lipinski definition) is 3. The Hall–Kier alpha value is -0.800. The minimum atomic E-state index is 0.540. The Bertz CT molecular complexity index is 335. The molecular formula is C15H26N2O. The molecule has 1 saturated heterocycles. The van der Waals surface area contributed by atoms with Gasteiger partial charge in [-0.2, -0.15) is 0 Å². The van der Waals surface area contributed by atoms with Crippen LogP contribution in [0.1, 0.15) is 39.4 Å². The van der Waals surface area contributed by atoms with Gasteiger partial charge >= 0.3 is 0 Å². The van der Waals surface area contributed by atoms with Crippen LogP contribution in [0.5, 0.6) is 0 Å². The molecule has 2 heterocycles. The van der Waals surface area contributed by atoms with Gasteiger partial charge in [0.25, 0.3) is 0 Å². The third kappa shape index (κ3) is 3.85. The zero-order chi connectivity index (χ0) is 13.0. The molecule has 1 aromatic heterocycles. The molecule has 0 amide bonds. The predicted molar refractivity (Wildman–Crippen MR) is 74.5 cm³/mol. The summed E-state index contributed by atoms with van der Waals surface area (Å²) in [5.41, 5.74) is 0.540. The predicted octanol–water partition coefficient (Wildman–Crippen LogP) is 2.88. The summed E-state index contributed by atoms with van der Waals surface area (Å²) in [4.78, 5) is 2.60. The van der Waals surface area contributed by atoms with Gasteiger partial charge in [0.15, 0.2) is 0 Å². The molecule has 0 spiro atoms. The molecular weight excluding hydrogens is 224 g/mol. The summed E-state index contributed by atoms with van der Waals surface area (Å²) in [7, 11) is 0. The van der Waals surface area contributed by atoms with Crippen molar-refractivity contribution in [2.45, 2.75) is 46.2 Å². The fourth-order valence-electron chi connectivity index (χ4n) is 2.52. The molecule has 102 valence electrons. The number of rotatable bonds is 5.